The number of sulfonamides is 1. The van der Waals surface area contributed by atoms with Gasteiger partial charge < -0.3 is 9.47 Å². The Morgan fingerprint density at radius 2 is 2.17 bits per heavy atom. The molecule has 0 bridgehead atoms. The lowest BCUT2D eigenvalue weighted by Crippen LogP contribution is -2.26. The fourth-order valence-corrected chi connectivity index (χ4v) is 4.10. The second kappa shape index (κ2) is 5.52. The van der Waals surface area contributed by atoms with Gasteiger partial charge >= 0.3 is 0 Å². The van der Waals surface area contributed by atoms with Gasteiger partial charge in [-0.1, -0.05) is 0 Å². The smallest absolute Gasteiger partial charge is 0.240 e. The average Bonchev–Trinajstić information content (AvgIpc) is 3.21. The minimum atomic E-state index is -3.59. The lowest BCUT2D eigenvalue weighted by atomic mass is 10.3. The standard InChI is InChI=1S/C14H13N3O4S2/c18-23(19,11-1-2-12-13(7-11)21-9-20-12)15-4-3-10-8-17-5-6-22-14(17)16-10/h1-2,5-8,15H,3-4,9H2. The quantitative estimate of drug-likeness (QED) is 0.756. The third-order valence-corrected chi connectivity index (χ3v) is 5.70. The van der Waals surface area contributed by atoms with Crippen molar-refractivity contribution >= 4 is 26.3 Å². The summed E-state index contributed by atoms with van der Waals surface area (Å²) in [5.74, 6) is 1.00. The van der Waals surface area contributed by atoms with Gasteiger partial charge in [0, 0.05) is 36.8 Å². The van der Waals surface area contributed by atoms with Crippen molar-refractivity contribution < 1.29 is 17.9 Å². The molecule has 3 heterocycles. The molecule has 0 saturated carbocycles. The Labute approximate surface area is 136 Å². The number of benzene rings is 1. The first-order valence-corrected chi connectivity index (χ1v) is 9.28. The van der Waals surface area contributed by atoms with Crippen LogP contribution in [0.3, 0.4) is 0 Å². The molecule has 7 nitrogen and oxygen atoms in total. The Kier molecular flexibility index (Phi) is 3.47. The van der Waals surface area contributed by atoms with Crippen LogP contribution in [0.1, 0.15) is 5.69 Å². The number of aromatic nitrogens is 2. The highest BCUT2D eigenvalue weighted by molar-refractivity contribution is 7.89. The van der Waals surface area contributed by atoms with E-state index in [1.807, 2.05) is 22.2 Å². The maximum Gasteiger partial charge on any atom is 0.240 e. The number of nitrogens with one attached hydrogen (secondary N) is 1. The number of hydrogen-bond donors (Lipinski definition) is 1. The van der Waals surface area contributed by atoms with Crippen molar-refractivity contribution in [2.24, 2.45) is 0 Å². The first kappa shape index (κ1) is 14.5. The molecular formula is C14H13N3O4S2. The van der Waals surface area contributed by atoms with Crippen molar-refractivity contribution in [3.63, 3.8) is 0 Å². The molecule has 1 aliphatic heterocycles. The summed E-state index contributed by atoms with van der Waals surface area (Å²) in [4.78, 5) is 5.48. The molecule has 23 heavy (non-hydrogen) atoms. The van der Waals surface area contributed by atoms with Crippen LogP contribution < -0.4 is 14.2 Å². The maximum absolute atomic E-state index is 12.3. The van der Waals surface area contributed by atoms with E-state index in [9.17, 15) is 8.42 Å². The normalized spacial score (nSPS) is 13.7. The number of rotatable bonds is 5. The summed E-state index contributed by atoms with van der Waals surface area (Å²) in [6.07, 6.45) is 4.35. The van der Waals surface area contributed by atoms with E-state index in [4.69, 9.17) is 9.47 Å². The summed E-state index contributed by atoms with van der Waals surface area (Å²) < 4.78 is 39.5. The van der Waals surface area contributed by atoms with Crippen LogP contribution in [0.5, 0.6) is 11.5 Å². The van der Waals surface area contributed by atoms with Gasteiger partial charge in [-0.05, 0) is 12.1 Å². The van der Waals surface area contributed by atoms with E-state index in [1.54, 1.807) is 17.4 Å². The van der Waals surface area contributed by atoms with Crippen molar-refractivity contribution in [1.82, 2.24) is 14.1 Å². The molecule has 0 amide bonds. The van der Waals surface area contributed by atoms with Crippen molar-refractivity contribution in [3.8, 4) is 11.5 Å². The second-order valence-electron chi connectivity index (χ2n) is 4.99. The predicted molar refractivity (Wildman–Crippen MR) is 84.5 cm³/mol. The zero-order valence-corrected chi connectivity index (χ0v) is 13.6. The van der Waals surface area contributed by atoms with Crippen LogP contribution in [0.25, 0.3) is 4.96 Å². The summed E-state index contributed by atoms with van der Waals surface area (Å²) in [6, 6.07) is 4.57. The van der Waals surface area contributed by atoms with Gasteiger partial charge in [-0.15, -0.1) is 11.3 Å². The molecule has 4 rings (SSSR count). The highest BCUT2D eigenvalue weighted by Crippen LogP contribution is 2.33. The molecular weight excluding hydrogens is 338 g/mol. The molecule has 0 spiro atoms. The Morgan fingerprint density at radius 1 is 1.30 bits per heavy atom. The number of thiazole rings is 1. The van der Waals surface area contributed by atoms with E-state index in [2.05, 4.69) is 9.71 Å². The summed E-state index contributed by atoms with van der Waals surface area (Å²) in [7, 11) is -3.59. The van der Waals surface area contributed by atoms with Gasteiger partial charge in [-0.25, -0.2) is 18.1 Å². The third-order valence-electron chi connectivity index (χ3n) is 3.47. The number of ether oxygens (including phenoxy) is 2. The van der Waals surface area contributed by atoms with Crippen LogP contribution in [-0.4, -0.2) is 31.1 Å². The van der Waals surface area contributed by atoms with Crippen LogP contribution in [0.2, 0.25) is 0 Å². The maximum atomic E-state index is 12.3. The third kappa shape index (κ3) is 2.78. The fraction of sp³-hybridized carbons (Fsp3) is 0.214. The first-order chi connectivity index (χ1) is 11.1. The van der Waals surface area contributed by atoms with Gasteiger partial charge in [0.2, 0.25) is 16.8 Å². The number of nitrogens with zero attached hydrogens (tertiary/aromatic N) is 2. The highest BCUT2D eigenvalue weighted by atomic mass is 32.2. The highest BCUT2D eigenvalue weighted by Gasteiger charge is 2.20. The molecule has 2 aromatic heterocycles. The van der Waals surface area contributed by atoms with Gasteiger partial charge in [-0.2, -0.15) is 0 Å². The largest absolute Gasteiger partial charge is 0.454 e. The molecule has 0 saturated heterocycles. The van der Waals surface area contributed by atoms with E-state index in [0.717, 1.165) is 10.7 Å². The van der Waals surface area contributed by atoms with Crippen molar-refractivity contribution in [2.75, 3.05) is 13.3 Å². The zero-order chi connectivity index (χ0) is 15.9. The molecule has 0 radical (unpaired) electrons. The molecule has 9 heteroatoms. The molecule has 1 N–H and O–H groups in total. The lowest BCUT2D eigenvalue weighted by Gasteiger charge is -2.06. The second-order valence-corrected chi connectivity index (χ2v) is 7.63. The molecule has 1 aromatic carbocycles. The van der Waals surface area contributed by atoms with Gasteiger partial charge in [0.05, 0.1) is 10.6 Å². The van der Waals surface area contributed by atoms with Gasteiger partial charge in [0.1, 0.15) is 0 Å². The molecule has 0 unspecified atom stereocenters. The fourth-order valence-electron chi connectivity index (χ4n) is 2.34. The Morgan fingerprint density at radius 3 is 3.04 bits per heavy atom. The minimum Gasteiger partial charge on any atom is -0.454 e. The van der Waals surface area contributed by atoms with Crippen molar-refractivity contribution in [1.29, 1.82) is 0 Å². The summed E-state index contributed by atoms with van der Waals surface area (Å²) in [6.45, 7) is 0.394. The van der Waals surface area contributed by atoms with Gasteiger partial charge in [0.25, 0.3) is 0 Å². The lowest BCUT2D eigenvalue weighted by molar-refractivity contribution is 0.174. The van der Waals surface area contributed by atoms with Gasteiger partial charge in [-0.3, -0.25) is 4.40 Å². The Bertz CT molecular complexity index is 933. The number of fused-ring (bicyclic) bond motifs is 2. The zero-order valence-electron chi connectivity index (χ0n) is 11.9. The van der Waals surface area contributed by atoms with Crippen LogP contribution in [0.4, 0.5) is 0 Å². The summed E-state index contributed by atoms with van der Waals surface area (Å²) in [5.41, 5.74) is 0.852. The van der Waals surface area contributed by atoms with E-state index >= 15 is 0 Å². The van der Waals surface area contributed by atoms with E-state index in [-0.39, 0.29) is 18.2 Å². The van der Waals surface area contributed by atoms with E-state index in [0.29, 0.717) is 17.9 Å². The molecule has 0 atom stereocenters. The van der Waals surface area contributed by atoms with E-state index < -0.39 is 10.0 Å². The molecule has 0 fully saturated rings. The minimum absolute atomic E-state index is 0.115. The first-order valence-electron chi connectivity index (χ1n) is 6.92. The molecule has 3 aromatic rings. The predicted octanol–water partition coefficient (Wildman–Crippen LogP) is 1.65. The Balaban J connectivity index is 1.44. The summed E-state index contributed by atoms with van der Waals surface area (Å²) >= 11 is 1.54. The molecule has 0 aliphatic carbocycles. The number of hydrogen-bond acceptors (Lipinski definition) is 6. The van der Waals surface area contributed by atoms with Crippen LogP contribution in [0.15, 0.2) is 40.9 Å². The average molecular weight is 351 g/mol. The molecule has 1 aliphatic rings. The molecule has 120 valence electrons. The van der Waals surface area contributed by atoms with Gasteiger partial charge in [0.15, 0.2) is 16.5 Å². The van der Waals surface area contributed by atoms with E-state index in [1.165, 1.54) is 12.1 Å². The SMILES string of the molecule is O=S(=O)(NCCc1cn2ccsc2n1)c1ccc2c(c1)OCO2. The van der Waals surface area contributed by atoms with Crippen molar-refractivity contribution in [2.45, 2.75) is 11.3 Å². The van der Waals surface area contributed by atoms with Crippen LogP contribution >= 0.6 is 11.3 Å². The Hall–Kier alpha value is -2.10. The monoisotopic (exact) mass is 351 g/mol. The summed E-state index contributed by atoms with van der Waals surface area (Å²) in [5, 5.41) is 1.95. The van der Waals surface area contributed by atoms with Crippen molar-refractivity contribution in [3.05, 3.63) is 41.7 Å². The number of imidazole rings is 1. The van der Waals surface area contributed by atoms with Crippen LogP contribution in [0, 0.1) is 0 Å². The topological polar surface area (TPSA) is 81.9 Å². The van der Waals surface area contributed by atoms with Crippen LogP contribution in [-0.2, 0) is 16.4 Å².